The first-order valence-electron chi connectivity index (χ1n) is 7.97. The second-order valence-corrected chi connectivity index (χ2v) is 6.76. The summed E-state index contributed by atoms with van der Waals surface area (Å²) >= 11 is 12.7. The van der Waals surface area contributed by atoms with Gasteiger partial charge in [-0.2, -0.15) is 0 Å². The number of hydrogen-bond acceptors (Lipinski definition) is 2. The van der Waals surface area contributed by atoms with Crippen LogP contribution in [0.15, 0.2) is 42.5 Å². The number of esters is 1. The fraction of sp³-hybridized carbons (Fsp3) is 0.150. The molecule has 0 spiro atoms. The molecule has 5 heteroatoms. The number of aromatic amines is 1. The van der Waals surface area contributed by atoms with Gasteiger partial charge in [0.15, 0.2) is 0 Å². The van der Waals surface area contributed by atoms with E-state index in [-0.39, 0.29) is 0 Å². The average molecular weight is 372 g/mol. The number of rotatable bonds is 2. The largest absolute Gasteiger partial charge is 0.464 e. The zero-order chi connectivity index (χ0) is 17.6. The molecular weight excluding hydrogens is 357 g/mol. The van der Waals surface area contributed by atoms with E-state index in [1.165, 1.54) is 12.7 Å². The summed E-state index contributed by atoms with van der Waals surface area (Å²) in [4.78, 5) is 15.7. The number of aromatic nitrogens is 1. The fourth-order valence-electron chi connectivity index (χ4n) is 3.51. The number of hydrogen-bond donors (Lipinski definition) is 1. The van der Waals surface area contributed by atoms with Gasteiger partial charge in [0, 0.05) is 16.7 Å². The molecule has 3 nitrogen and oxygen atoms in total. The van der Waals surface area contributed by atoms with Gasteiger partial charge in [-0.15, -0.1) is 0 Å². The molecule has 1 aliphatic carbocycles. The first kappa shape index (κ1) is 16.2. The van der Waals surface area contributed by atoms with Crippen LogP contribution in [0.4, 0.5) is 0 Å². The molecule has 0 saturated heterocycles. The molecule has 2 aromatic carbocycles. The quantitative estimate of drug-likeness (QED) is 0.600. The zero-order valence-corrected chi connectivity index (χ0v) is 15.0. The Balaban J connectivity index is 2.03. The molecule has 0 aliphatic heterocycles. The van der Waals surface area contributed by atoms with Crippen molar-refractivity contribution in [2.75, 3.05) is 7.11 Å². The highest BCUT2D eigenvalue weighted by atomic mass is 35.5. The predicted octanol–water partition coefficient (Wildman–Crippen LogP) is 5.54. The topological polar surface area (TPSA) is 42.1 Å². The normalized spacial score (nSPS) is 12.4. The predicted molar refractivity (Wildman–Crippen MR) is 100 cm³/mol. The minimum atomic E-state index is -0.419. The number of carbonyl (C=O) groups is 1. The number of H-pyrrole nitrogens is 1. The van der Waals surface area contributed by atoms with Crippen LogP contribution < -0.4 is 0 Å². The Morgan fingerprint density at radius 2 is 1.80 bits per heavy atom. The number of benzene rings is 2. The molecule has 1 heterocycles. The molecule has 0 saturated carbocycles. The molecule has 0 bridgehead atoms. The number of methoxy groups -OCH3 is 1. The molecule has 4 rings (SSSR count). The Hall–Kier alpha value is -2.23. The van der Waals surface area contributed by atoms with Gasteiger partial charge in [-0.1, -0.05) is 59.6 Å². The van der Waals surface area contributed by atoms with Crippen molar-refractivity contribution in [3.8, 4) is 22.4 Å². The van der Waals surface area contributed by atoms with E-state index in [9.17, 15) is 4.79 Å². The molecule has 1 aromatic heterocycles. The fourth-order valence-corrected chi connectivity index (χ4v) is 3.90. The number of nitrogens with one attached hydrogen (secondary N) is 1. The standard InChI is InChI=1S/C20H15Cl2NO2/c1-25-20(24)19-16(13-7-4-8-15(21)17(13)22)14-10-9-11-5-2-3-6-12(11)18(14)23-19/h2-8,23H,9-10H2,1H3. The van der Waals surface area contributed by atoms with Crippen LogP contribution in [-0.2, 0) is 17.6 Å². The summed E-state index contributed by atoms with van der Waals surface area (Å²) in [6.07, 6.45) is 1.73. The van der Waals surface area contributed by atoms with E-state index in [4.69, 9.17) is 27.9 Å². The van der Waals surface area contributed by atoms with E-state index in [0.29, 0.717) is 15.7 Å². The van der Waals surface area contributed by atoms with Gasteiger partial charge in [-0.05, 0) is 30.0 Å². The van der Waals surface area contributed by atoms with Crippen LogP contribution in [0.1, 0.15) is 21.6 Å². The lowest BCUT2D eigenvalue weighted by Crippen LogP contribution is -2.04. The highest BCUT2D eigenvalue weighted by Gasteiger charge is 2.29. The third-order valence-electron chi connectivity index (χ3n) is 4.65. The summed E-state index contributed by atoms with van der Waals surface area (Å²) < 4.78 is 4.99. The van der Waals surface area contributed by atoms with Gasteiger partial charge in [0.2, 0.25) is 0 Å². The van der Waals surface area contributed by atoms with Crippen molar-refractivity contribution < 1.29 is 9.53 Å². The molecule has 0 fully saturated rings. The maximum Gasteiger partial charge on any atom is 0.355 e. The Morgan fingerprint density at radius 1 is 1.04 bits per heavy atom. The molecule has 126 valence electrons. The maximum atomic E-state index is 12.4. The van der Waals surface area contributed by atoms with Crippen molar-refractivity contribution in [1.82, 2.24) is 4.98 Å². The van der Waals surface area contributed by atoms with Crippen molar-refractivity contribution in [2.24, 2.45) is 0 Å². The van der Waals surface area contributed by atoms with Crippen LogP contribution >= 0.6 is 23.2 Å². The Kier molecular flexibility index (Phi) is 4.06. The van der Waals surface area contributed by atoms with Crippen molar-refractivity contribution >= 4 is 29.2 Å². The first-order valence-corrected chi connectivity index (χ1v) is 8.73. The van der Waals surface area contributed by atoms with Gasteiger partial charge in [0.25, 0.3) is 0 Å². The Morgan fingerprint density at radius 3 is 2.60 bits per heavy atom. The number of fused-ring (bicyclic) bond motifs is 3. The molecule has 0 radical (unpaired) electrons. The lowest BCUT2D eigenvalue weighted by molar-refractivity contribution is 0.0596. The summed E-state index contributed by atoms with van der Waals surface area (Å²) in [6, 6.07) is 13.7. The number of aryl methyl sites for hydroxylation is 1. The average Bonchev–Trinajstić information content (AvgIpc) is 3.03. The second kappa shape index (κ2) is 6.25. The highest BCUT2D eigenvalue weighted by Crippen LogP contribution is 2.44. The lowest BCUT2D eigenvalue weighted by atomic mass is 9.87. The first-order chi connectivity index (χ1) is 12.1. The van der Waals surface area contributed by atoms with Crippen LogP contribution in [0.2, 0.25) is 10.0 Å². The summed E-state index contributed by atoms with van der Waals surface area (Å²) in [5.41, 5.74) is 6.33. The number of ether oxygens (including phenoxy) is 1. The van der Waals surface area contributed by atoms with Crippen LogP contribution in [0, 0.1) is 0 Å². The number of carbonyl (C=O) groups excluding carboxylic acids is 1. The van der Waals surface area contributed by atoms with E-state index in [0.717, 1.165) is 40.8 Å². The summed E-state index contributed by atoms with van der Waals surface area (Å²) in [6.45, 7) is 0. The van der Waals surface area contributed by atoms with Crippen LogP contribution in [0.25, 0.3) is 22.4 Å². The van der Waals surface area contributed by atoms with E-state index >= 15 is 0 Å². The van der Waals surface area contributed by atoms with Crippen LogP contribution in [-0.4, -0.2) is 18.1 Å². The third kappa shape index (κ3) is 2.55. The van der Waals surface area contributed by atoms with E-state index < -0.39 is 5.97 Å². The van der Waals surface area contributed by atoms with Crippen molar-refractivity contribution in [3.05, 3.63) is 69.3 Å². The minimum absolute atomic E-state index is 0.411. The molecule has 1 aliphatic rings. The minimum Gasteiger partial charge on any atom is -0.464 e. The summed E-state index contributed by atoms with van der Waals surface area (Å²) in [5, 5.41) is 0.899. The second-order valence-electron chi connectivity index (χ2n) is 5.98. The van der Waals surface area contributed by atoms with Crippen LogP contribution in [0.3, 0.4) is 0 Å². The molecule has 25 heavy (non-hydrogen) atoms. The van der Waals surface area contributed by atoms with E-state index in [2.05, 4.69) is 17.1 Å². The van der Waals surface area contributed by atoms with Gasteiger partial charge in [0.05, 0.1) is 22.8 Å². The molecular formula is C20H15Cl2NO2. The van der Waals surface area contributed by atoms with Gasteiger partial charge < -0.3 is 9.72 Å². The van der Waals surface area contributed by atoms with E-state index in [1.807, 2.05) is 24.3 Å². The SMILES string of the molecule is COC(=O)c1[nH]c2c(c1-c1cccc(Cl)c1Cl)CCc1ccccc1-2. The van der Waals surface area contributed by atoms with Gasteiger partial charge in [0.1, 0.15) is 5.69 Å². The Bertz CT molecular complexity index is 991. The maximum absolute atomic E-state index is 12.4. The van der Waals surface area contributed by atoms with Crippen molar-refractivity contribution in [3.63, 3.8) is 0 Å². The molecule has 0 amide bonds. The third-order valence-corrected chi connectivity index (χ3v) is 5.46. The smallest absolute Gasteiger partial charge is 0.355 e. The highest BCUT2D eigenvalue weighted by molar-refractivity contribution is 6.43. The van der Waals surface area contributed by atoms with Gasteiger partial charge in [-0.3, -0.25) is 0 Å². The number of halogens is 2. The van der Waals surface area contributed by atoms with Crippen LogP contribution in [0.5, 0.6) is 0 Å². The van der Waals surface area contributed by atoms with E-state index in [1.54, 1.807) is 6.07 Å². The Labute approximate surface area is 155 Å². The summed E-state index contributed by atoms with van der Waals surface area (Å²) in [7, 11) is 1.37. The zero-order valence-electron chi connectivity index (χ0n) is 13.5. The van der Waals surface area contributed by atoms with Crippen molar-refractivity contribution in [1.29, 1.82) is 0 Å². The van der Waals surface area contributed by atoms with Gasteiger partial charge >= 0.3 is 5.97 Å². The molecule has 0 atom stereocenters. The lowest BCUT2D eigenvalue weighted by Gasteiger charge is -2.17. The van der Waals surface area contributed by atoms with Crippen molar-refractivity contribution in [2.45, 2.75) is 12.8 Å². The summed E-state index contributed by atoms with van der Waals surface area (Å²) in [5.74, 6) is -0.419. The monoisotopic (exact) mass is 371 g/mol. The molecule has 3 aromatic rings. The molecule has 0 unspecified atom stereocenters. The van der Waals surface area contributed by atoms with Gasteiger partial charge in [-0.25, -0.2) is 4.79 Å². The molecule has 1 N–H and O–H groups in total.